The molecule has 2 aromatic heterocycles. The highest BCUT2D eigenvalue weighted by molar-refractivity contribution is 5.91. The van der Waals surface area contributed by atoms with E-state index in [1.807, 2.05) is 50.2 Å². The van der Waals surface area contributed by atoms with E-state index in [4.69, 9.17) is 4.74 Å². The molecule has 7 nitrogen and oxygen atoms in total. The predicted molar refractivity (Wildman–Crippen MR) is 91.2 cm³/mol. The summed E-state index contributed by atoms with van der Waals surface area (Å²) < 4.78 is 7.58. The van der Waals surface area contributed by atoms with Crippen LogP contribution in [0.1, 0.15) is 28.8 Å². The van der Waals surface area contributed by atoms with Crippen LogP contribution in [0.15, 0.2) is 42.6 Å². The van der Waals surface area contributed by atoms with Gasteiger partial charge in [0.05, 0.1) is 13.2 Å². The van der Waals surface area contributed by atoms with E-state index in [0.717, 1.165) is 11.3 Å². The lowest BCUT2D eigenvalue weighted by Gasteiger charge is -2.40. The van der Waals surface area contributed by atoms with Crippen molar-refractivity contribution in [1.29, 1.82) is 0 Å². The number of carbonyl (C=O) groups excluding carboxylic acids is 1. The van der Waals surface area contributed by atoms with Gasteiger partial charge in [-0.15, -0.1) is 5.10 Å². The van der Waals surface area contributed by atoms with Crippen LogP contribution in [-0.2, 0) is 10.3 Å². The number of carbonyl (C=O) groups is 1. The van der Waals surface area contributed by atoms with Crippen LogP contribution in [0.25, 0.3) is 5.78 Å². The van der Waals surface area contributed by atoms with Crippen molar-refractivity contribution >= 4 is 11.7 Å². The number of fused-ring (bicyclic) bond motifs is 1. The summed E-state index contributed by atoms with van der Waals surface area (Å²) in [6.07, 6.45) is 1.66. The minimum absolute atomic E-state index is 0.166. The number of ether oxygens (including phenoxy) is 1. The average Bonchev–Trinajstić information content (AvgIpc) is 3.08. The number of hydrogen-bond acceptors (Lipinski definition) is 5. The molecule has 0 aliphatic carbocycles. The van der Waals surface area contributed by atoms with Crippen LogP contribution in [-0.4, -0.2) is 50.1 Å². The van der Waals surface area contributed by atoms with Gasteiger partial charge in [-0.2, -0.15) is 4.98 Å². The van der Waals surface area contributed by atoms with Gasteiger partial charge in [-0.05, 0) is 25.5 Å². The topological polar surface area (TPSA) is 72.6 Å². The fourth-order valence-corrected chi connectivity index (χ4v) is 3.15. The maximum Gasteiger partial charge on any atom is 0.293 e. The average molecular weight is 337 g/mol. The van der Waals surface area contributed by atoms with Crippen molar-refractivity contribution in [3.8, 4) is 0 Å². The molecular weight excluding hydrogens is 318 g/mol. The van der Waals surface area contributed by atoms with Crippen molar-refractivity contribution in [2.24, 2.45) is 0 Å². The summed E-state index contributed by atoms with van der Waals surface area (Å²) in [6, 6.07) is 11.8. The van der Waals surface area contributed by atoms with E-state index in [0.29, 0.717) is 25.5 Å². The number of aromatic nitrogens is 4. The van der Waals surface area contributed by atoms with E-state index < -0.39 is 5.60 Å². The molecule has 128 valence electrons. The van der Waals surface area contributed by atoms with E-state index in [1.54, 1.807) is 15.6 Å². The summed E-state index contributed by atoms with van der Waals surface area (Å²) in [4.78, 5) is 23.1. The molecule has 1 atom stereocenters. The summed E-state index contributed by atoms with van der Waals surface area (Å²) in [5.41, 5.74) is 1.39. The number of morpholine rings is 1. The molecule has 1 amide bonds. The fourth-order valence-electron chi connectivity index (χ4n) is 3.15. The molecule has 7 heteroatoms. The Bertz CT molecular complexity index is 924. The third-order valence-electron chi connectivity index (χ3n) is 4.57. The molecule has 3 heterocycles. The molecule has 1 fully saturated rings. The van der Waals surface area contributed by atoms with Crippen molar-refractivity contribution in [3.63, 3.8) is 0 Å². The molecule has 0 saturated carbocycles. The Morgan fingerprint density at radius 1 is 1.24 bits per heavy atom. The van der Waals surface area contributed by atoms with Crippen LogP contribution in [0.4, 0.5) is 0 Å². The van der Waals surface area contributed by atoms with Gasteiger partial charge in [0.15, 0.2) is 0 Å². The van der Waals surface area contributed by atoms with E-state index in [2.05, 4.69) is 15.1 Å². The SMILES string of the molecule is Cc1ccnc2nc(C(=O)N3CCOC(C)(c4ccccc4)C3)nn12. The van der Waals surface area contributed by atoms with Crippen LogP contribution >= 0.6 is 0 Å². The third-order valence-corrected chi connectivity index (χ3v) is 4.57. The summed E-state index contributed by atoms with van der Waals surface area (Å²) in [6.45, 7) is 5.35. The molecule has 0 bridgehead atoms. The first-order valence-electron chi connectivity index (χ1n) is 8.24. The smallest absolute Gasteiger partial charge is 0.293 e. The molecule has 1 aromatic carbocycles. The molecule has 0 spiro atoms. The van der Waals surface area contributed by atoms with Gasteiger partial charge in [0, 0.05) is 18.4 Å². The van der Waals surface area contributed by atoms with Crippen LogP contribution in [0.5, 0.6) is 0 Å². The zero-order chi connectivity index (χ0) is 17.4. The molecule has 1 aliphatic rings. The Hall–Kier alpha value is -2.80. The van der Waals surface area contributed by atoms with Crippen LogP contribution in [0.3, 0.4) is 0 Å². The maximum atomic E-state index is 12.9. The number of benzene rings is 1. The van der Waals surface area contributed by atoms with E-state index in [9.17, 15) is 4.79 Å². The summed E-state index contributed by atoms with van der Waals surface area (Å²) in [5, 5.41) is 4.32. The van der Waals surface area contributed by atoms with Crippen molar-refractivity contribution < 1.29 is 9.53 Å². The summed E-state index contributed by atoms with van der Waals surface area (Å²) >= 11 is 0. The monoisotopic (exact) mass is 337 g/mol. The Morgan fingerprint density at radius 2 is 2.04 bits per heavy atom. The van der Waals surface area contributed by atoms with Crippen LogP contribution in [0.2, 0.25) is 0 Å². The van der Waals surface area contributed by atoms with Crippen molar-refractivity contribution in [1.82, 2.24) is 24.5 Å². The molecule has 1 saturated heterocycles. The summed E-state index contributed by atoms with van der Waals surface area (Å²) in [7, 11) is 0. The number of amides is 1. The number of nitrogens with zero attached hydrogens (tertiary/aromatic N) is 5. The lowest BCUT2D eigenvalue weighted by atomic mass is 9.94. The highest BCUT2D eigenvalue weighted by Crippen LogP contribution is 2.29. The molecular formula is C18H19N5O2. The van der Waals surface area contributed by atoms with Gasteiger partial charge in [0.25, 0.3) is 11.7 Å². The second kappa shape index (κ2) is 5.93. The highest BCUT2D eigenvalue weighted by atomic mass is 16.5. The van der Waals surface area contributed by atoms with Gasteiger partial charge in [0.1, 0.15) is 5.60 Å². The van der Waals surface area contributed by atoms with E-state index in [-0.39, 0.29) is 11.7 Å². The lowest BCUT2D eigenvalue weighted by Crippen LogP contribution is -2.50. The first kappa shape index (κ1) is 15.7. The normalized spacial score (nSPS) is 20.8. The Balaban J connectivity index is 1.62. The van der Waals surface area contributed by atoms with E-state index >= 15 is 0 Å². The third kappa shape index (κ3) is 2.76. The first-order chi connectivity index (χ1) is 12.1. The van der Waals surface area contributed by atoms with Gasteiger partial charge < -0.3 is 9.64 Å². The molecule has 4 rings (SSSR count). The predicted octanol–water partition coefficient (Wildman–Crippen LogP) is 1.82. The molecule has 3 aromatic rings. The molecule has 1 unspecified atom stereocenters. The van der Waals surface area contributed by atoms with E-state index in [1.165, 1.54) is 0 Å². The second-order valence-corrected chi connectivity index (χ2v) is 6.41. The number of hydrogen-bond donors (Lipinski definition) is 0. The number of aryl methyl sites for hydroxylation is 1. The first-order valence-corrected chi connectivity index (χ1v) is 8.24. The Kier molecular flexibility index (Phi) is 3.73. The van der Waals surface area contributed by atoms with Gasteiger partial charge in [0.2, 0.25) is 5.82 Å². The lowest BCUT2D eigenvalue weighted by molar-refractivity contribution is -0.0932. The van der Waals surface area contributed by atoms with Crippen molar-refractivity contribution in [3.05, 3.63) is 59.7 Å². The maximum absolute atomic E-state index is 12.9. The van der Waals surface area contributed by atoms with Gasteiger partial charge >= 0.3 is 0 Å². The zero-order valence-electron chi connectivity index (χ0n) is 14.2. The minimum atomic E-state index is -0.539. The summed E-state index contributed by atoms with van der Waals surface area (Å²) in [5.74, 6) is 0.400. The van der Waals surface area contributed by atoms with Crippen LogP contribution < -0.4 is 0 Å². The molecule has 0 radical (unpaired) electrons. The van der Waals surface area contributed by atoms with Crippen molar-refractivity contribution in [2.45, 2.75) is 19.4 Å². The quantitative estimate of drug-likeness (QED) is 0.713. The standard InChI is InChI=1S/C18H19N5O2/c1-13-8-9-19-17-20-15(21-23(13)17)16(24)22-10-11-25-18(2,12-22)14-6-4-3-5-7-14/h3-9H,10-12H2,1-2H3. The van der Waals surface area contributed by atoms with Crippen molar-refractivity contribution in [2.75, 3.05) is 19.7 Å². The highest BCUT2D eigenvalue weighted by Gasteiger charge is 2.37. The zero-order valence-corrected chi connectivity index (χ0v) is 14.2. The molecule has 1 aliphatic heterocycles. The Labute approximate surface area is 145 Å². The van der Waals surface area contributed by atoms with Gasteiger partial charge in [-0.1, -0.05) is 30.3 Å². The second-order valence-electron chi connectivity index (χ2n) is 6.41. The number of rotatable bonds is 2. The van der Waals surface area contributed by atoms with Crippen LogP contribution in [0, 0.1) is 6.92 Å². The minimum Gasteiger partial charge on any atom is -0.367 e. The van der Waals surface area contributed by atoms with Gasteiger partial charge in [-0.25, -0.2) is 9.50 Å². The molecule has 0 N–H and O–H groups in total. The largest absolute Gasteiger partial charge is 0.367 e. The Morgan fingerprint density at radius 3 is 2.80 bits per heavy atom. The fraction of sp³-hybridized carbons (Fsp3) is 0.333. The molecule has 25 heavy (non-hydrogen) atoms. The van der Waals surface area contributed by atoms with Gasteiger partial charge in [-0.3, -0.25) is 4.79 Å².